The molecule has 0 aliphatic rings. The third-order valence-electron chi connectivity index (χ3n) is 2.21. The van der Waals surface area contributed by atoms with Gasteiger partial charge in [-0.3, -0.25) is 4.79 Å². The standard InChI is InChI=1S/C13H20ClN3O/c1-13(2,3)17-11(18)7-8-16-12-9(14)5-4-6-10(12)15/h4-6,16H,7-8,15H2,1-3H3,(H,17,18). The summed E-state index contributed by atoms with van der Waals surface area (Å²) in [5.41, 5.74) is 6.85. The predicted octanol–water partition coefficient (Wildman–Crippen LogP) is 2.64. The van der Waals surface area contributed by atoms with Gasteiger partial charge in [0.05, 0.1) is 16.4 Å². The molecule has 1 amide bonds. The number of amides is 1. The summed E-state index contributed by atoms with van der Waals surface area (Å²) in [7, 11) is 0. The van der Waals surface area contributed by atoms with Crippen LogP contribution in [-0.2, 0) is 4.79 Å². The van der Waals surface area contributed by atoms with Crippen LogP contribution in [-0.4, -0.2) is 18.0 Å². The van der Waals surface area contributed by atoms with Crippen LogP contribution in [0.25, 0.3) is 0 Å². The Hall–Kier alpha value is -1.42. The summed E-state index contributed by atoms with van der Waals surface area (Å²) in [4.78, 5) is 11.6. The largest absolute Gasteiger partial charge is 0.397 e. The molecular weight excluding hydrogens is 250 g/mol. The number of nitrogens with two attached hydrogens (primary N) is 1. The highest BCUT2D eigenvalue weighted by molar-refractivity contribution is 6.33. The van der Waals surface area contributed by atoms with E-state index in [1.165, 1.54) is 0 Å². The van der Waals surface area contributed by atoms with Crippen LogP contribution in [0.5, 0.6) is 0 Å². The first kappa shape index (κ1) is 14.6. The van der Waals surface area contributed by atoms with Crippen molar-refractivity contribution in [3.05, 3.63) is 23.2 Å². The number of hydrogen-bond donors (Lipinski definition) is 3. The molecule has 5 heteroatoms. The van der Waals surface area contributed by atoms with E-state index in [0.717, 1.165) is 0 Å². The van der Waals surface area contributed by atoms with Crippen molar-refractivity contribution in [1.29, 1.82) is 0 Å². The quantitative estimate of drug-likeness (QED) is 0.736. The number of carbonyl (C=O) groups is 1. The van der Waals surface area contributed by atoms with Crippen LogP contribution in [0.3, 0.4) is 0 Å². The third-order valence-corrected chi connectivity index (χ3v) is 2.53. The van der Waals surface area contributed by atoms with E-state index < -0.39 is 0 Å². The summed E-state index contributed by atoms with van der Waals surface area (Å²) in [6, 6.07) is 5.31. The maximum Gasteiger partial charge on any atom is 0.222 e. The van der Waals surface area contributed by atoms with Crippen LogP contribution in [0.2, 0.25) is 5.02 Å². The molecule has 0 bridgehead atoms. The highest BCUT2D eigenvalue weighted by Gasteiger charge is 2.13. The van der Waals surface area contributed by atoms with Crippen LogP contribution in [0.1, 0.15) is 27.2 Å². The molecule has 100 valence electrons. The summed E-state index contributed by atoms with van der Waals surface area (Å²) in [6.45, 7) is 6.34. The molecule has 0 aromatic heterocycles. The molecule has 0 radical (unpaired) electrons. The van der Waals surface area contributed by atoms with Gasteiger partial charge in [-0.15, -0.1) is 0 Å². The highest BCUT2D eigenvalue weighted by atomic mass is 35.5. The SMILES string of the molecule is CC(C)(C)NC(=O)CCNc1c(N)cccc1Cl. The Morgan fingerprint density at radius 2 is 2.06 bits per heavy atom. The topological polar surface area (TPSA) is 67.2 Å². The number of nitrogens with one attached hydrogen (secondary N) is 2. The molecule has 1 aromatic rings. The number of carbonyl (C=O) groups excluding carboxylic acids is 1. The Morgan fingerprint density at radius 1 is 1.39 bits per heavy atom. The molecule has 4 nitrogen and oxygen atoms in total. The molecule has 1 aromatic carbocycles. The van der Waals surface area contributed by atoms with Crippen molar-refractivity contribution in [2.45, 2.75) is 32.7 Å². The van der Waals surface area contributed by atoms with Crippen molar-refractivity contribution < 1.29 is 4.79 Å². The molecule has 0 saturated heterocycles. The molecule has 0 unspecified atom stereocenters. The summed E-state index contributed by atoms with van der Waals surface area (Å²) < 4.78 is 0. The molecule has 18 heavy (non-hydrogen) atoms. The van der Waals surface area contributed by atoms with Crippen LogP contribution in [0.15, 0.2) is 18.2 Å². The van der Waals surface area contributed by atoms with E-state index in [0.29, 0.717) is 29.4 Å². The average molecular weight is 270 g/mol. The Bertz CT molecular complexity index is 406. The molecule has 0 heterocycles. The predicted molar refractivity (Wildman–Crippen MR) is 76.9 cm³/mol. The van der Waals surface area contributed by atoms with Gasteiger partial charge in [0.25, 0.3) is 0 Å². The summed E-state index contributed by atoms with van der Waals surface area (Å²) >= 11 is 6.01. The fourth-order valence-corrected chi connectivity index (χ4v) is 1.76. The average Bonchev–Trinajstić information content (AvgIpc) is 2.19. The Labute approximate surface area is 113 Å². The summed E-state index contributed by atoms with van der Waals surface area (Å²) in [6.07, 6.45) is 0.377. The lowest BCUT2D eigenvalue weighted by molar-refractivity contribution is -0.122. The van der Waals surface area contributed by atoms with E-state index in [2.05, 4.69) is 10.6 Å². The van der Waals surface area contributed by atoms with Crippen molar-refractivity contribution in [2.75, 3.05) is 17.6 Å². The lowest BCUT2D eigenvalue weighted by atomic mass is 10.1. The minimum absolute atomic E-state index is 0.000579. The number of halogens is 1. The van der Waals surface area contributed by atoms with Gasteiger partial charge in [0.15, 0.2) is 0 Å². The number of rotatable bonds is 4. The molecule has 0 aliphatic carbocycles. The van der Waals surface area contributed by atoms with Crippen LogP contribution >= 0.6 is 11.6 Å². The Balaban J connectivity index is 2.45. The maximum absolute atomic E-state index is 11.6. The molecular formula is C13H20ClN3O. The number of para-hydroxylation sites is 1. The summed E-state index contributed by atoms with van der Waals surface area (Å²) in [5, 5.41) is 6.53. The second-order valence-electron chi connectivity index (χ2n) is 5.18. The van der Waals surface area contributed by atoms with Gasteiger partial charge in [0.2, 0.25) is 5.91 Å². The minimum Gasteiger partial charge on any atom is -0.397 e. The van der Waals surface area contributed by atoms with Gasteiger partial charge < -0.3 is 16.4 Å². The van der Waals surface area contributed by atoms with Crippen LogP contribution in [0.4, 0.5) is 11.4 Å². The monoisotopic (exact) mass is 269 g/mol. The molecule has 0 fully saturated rings. The molecule has 0 saturated carbocycles. The van der Waals surface area contributed by atoms with Gasteiger partial charge in [-0.25, -0.2) is 0 Å². The summed E-state index contributed by atoms with van der Waals surface area (Å²) in [5.74, 6) is 0.000579. The lowest BCUT2D eigenvalue weighted by Gasteiger charge is -2.20. The second kappa shape index (κ2) is 5.96. The molecule has 0 aliphatic heterocycles. The molecule has 4 N–H and O–H groups in total. The number of nitrogen functional groups attached to an aromatic ring is 1. The number of hydrogen-bond acceptors (Lipinski definition) is 3. The fourth-order valence-electron chi connectivity index (χ4n) is 1.51. The second-order valence-corrected chi connectivity index (χ2v) is 5.59. The zero-order valence-corrected chi connectivity index (χ0v) is 11.8. The molecule has 0 spiro atoms. The van der Waals surface area contributed by atoms with Gasteiger partial charge in [0, 0.05) is 18.5 Å². The van der Waals surface area contributed by atoms with Crippen molar-refractivity contribution in [2.24, 2.45) is 0 Å². The van der Waals surface area contributed by atoms with Crippen LogP contribution < -0.4 is 16.4 Å². The Kier molecular flexibility index (Phi) is 4.84. The molecule has 1 rings (SSSR count). The van der Waals surface area contributed by atoms with E-state index in [1.54, 1.807) is 18.2 Å². The van der Waals surface area contributed by atoms with Gasteiger partial charge in [-0.2, -0.15) is 0 Å². The van der Waals surface area contributed by atoms with Crippen molar-refractivity contribution in [3.8, 4) is 0 Å². The van der Waals surface area contributed by atoms with Crippen LogP contribution in [0, 0.1) is 0 Å². The zero-order chi connectivity index (χ0) is 13.8. The van der Waals surface area contributed by atoms with Gasteiger partial charge in [0.1, 0.15) is 0 Å². The zero-order valence-electron chi connectivity index (χ0n) is 11.0. The number of benzene rings is 1. The van der Waals surface area contributed by atoms with E-state index in [4.69, 9.17) is 17.3 Å². The van der Waals surface area contributed by atoms with E-state index >= 15 is 0 Å². The Morgan fingerprint density at radius 3 is 2.61 bits per heavy atom. The third kappa shape index (κ3) is 4.84. The first-order chi connectivity index (χ1) is 8.29. The normalized spacial score (nSPS) is 11.1. The van der Waals surface area contributed by atoms with E-state index in [9.17, 15) is 4.79 Å². The minimum atomic E-state index is -0.208. The number of anilines is 2. The van der Waals surface area contributed by atoms with Gasteiger partial charge >= 0.3 is 0 Å². The fraction of sp³-hybridized carbons (Fsp3) is 0.462. The van der Waals surface area contributed by atoms with Gasteiger partial charge in [-0.05, 0) is 32.9 Å². The van der Waals surface area contributed by atoms with Crippen molar-refractivity contribution >= 4 is 28.9 Å². The van der Waals surface area contributed by atoms with Crippen molar-refractivity contribution in [3.63, 3.8) is 0 Å². The lowest BCUT2D eigenvalue weighted by Crippen LogP contribution is -2.41. The van der Waals surface area contributed by atoms with E-state index in [-0.39, 0.29) is 11.4 Å². The highest BCUT2D eigenvalue weighted by Crippen LogP contribution is 2.27. The molecule has 0 atom stereocenters. The maximum atomic E-state index is 11.6. The van der Waals surface area contributed by atoms with Gasteiger partial charge in [-0.1, -0.05) is 17.7 Å². The first-order valence-corrected chi connectivity index (χ1v) is 6.26. The van der Waals surface area contributed by atoms with Crippen molar-refractivity contribution in [1.82, 2.24) is 5.32 Å². The smallest absolute Gasteiger partial charge is 0.222 e. The first-order valence-electron chi connectivity index (χ1n) is 5.88. The van der Waals surface area contributed by atoms with E-state index in [1.807, 2.05) is 20.8 Å².